The Morgan fingerprint density at radius 1 is 1.13 bits per heavy atom. The summed E-state index contributed by atoms with van der Waals surface area (Å²) in [5, 5.41) is 22.4. The van der Waals surface area contributed by atoms with Crippen LogP contribution in [0.5, 0.6) is 11.6 Å². The number of nitrogens with zero attached hydrogens (tertiary/aromatic N) is 4. The van der Waals surface area contributed by atoms with Crippen molar-refractivity contribution in [1.29, 1.82) is 0 Å². The second-order valence-electron chi connectivity index (χ2n) is 8.15. The number of piperidine rings is 1. The monoisotopic (exact) mass is 421 g/mol. The van der Waals surface area contributed by atoms with Crippen molar-refractivity contribution in [3.63, 3.8) is 0 Å². The largest absolute Gasteiger partial charge is 0.507 e. The molecule has 2 bridgehead atoms. The number of aromatic hydroxyl groups is 1. The van der Waals surface area contributed by atoms with Gasteiger partial charge in [0.25, 0.3) is 0 Å². The third-order valence-corrected chi connectivity index (χ3v) is 6.40. The van der Waals surface area contributed by atoms with Crippen LogP contribution in [-0.4, -0.2) is 59.2 Å². The van der Waals surface area contributed by atoms with E-state index in [0.29, 0.717) is 23.0 Å². The highest BCUT2D eigenvalue weighted by Gasteiger charge is 2.50. The molecule has 2 N–H and O–H groups in total. The number of alkyl halides is 1. The number of nitrogens with one attached hydrogen (secondary N) is 1. The number of phenolic OH excluding ortho intramolecular Hbond substituents is 1. The van der Waals surface area contributed by atoms with Crippen LogP contribution in [0.2, 0.25) is 0 Å². The molecule has 5 rings (SSSR count). The third kappa shape index (κ3) is 3.46. The Morgan fingerprint density at radius 3 is 2.65 bits per heavy atom. The van der Waals surface area contributed by atoms with E-state index in [-0.39, 0.29) is 23.8 Å². The fraction of sp³-hybridized carbons (Fsp3) is 0.348. The van der Waals surface area contributed by atoms with Crippen LogP contribution >= 0.6 is 0 Å². The van der Waals surface area contributed by atoms with E-state index >= 15 is 0 Å². The van der Waals surface area contributed by atoms with Gasteiger partial charge in [0, 0.05) is 37.5 Å². The van der Waals surface area contributed by atoms with Crippen molar-refractivity contribution in [1.82, 2.24) is 20.5 Å². The first-order valence-corrected chi connectivity index (χ1v) is 10.3. The SMILES string of the molecule is COc1cc(-c2ccc(-c3ccc(N(C)[C@H]4[C@@H]5CN[C@@H](C5)[C@@H]4F)nn3)c(O)c2)ccn1. The minimum absolute atomic E-state index is 0.0551. The number of phenols is 1. The van der Waals surface area contributed by atoms with Crippen LogP contribution in [0.25, 0.3) is 22.4 Å². The molecule has 3 aromatic rings. The van der Waals surface area contributed by atoms with E-state index in [0.717, 1.165) is 24.1 Å². The summed E-state index contributed by atoms with van der Waals surface area (Å²) in [5.41, 5.74) is 2.86. The molecule has 8 heteroatoms. The first-order chi connectivity index (χ1) is 15.0. The fourth-order valence-corrected chi connectivity index (χ4v) is 4.76. The molecule has 31 heavy (non-hydrogen) atoms. The van der Waals surface area contributed by atoms with Gasteiger partial charge in [0.05, 0.1) is 18.8 Å². The first-order valence-electron chi connectivity index (χ1n) is 10.3. The first kappa shape index (κ1) is 19.7. The number of halogens is 1. The van der Waals surface area contributed by atoms with Crippen LogP contribution in [-0.2, 0) is 0 Å². The number of pyridine rings is 1. The van der Waals surface area contributed by atoms with E-state index in [2.05, 4.69) is 20.5 Å². The molecule has 160 valence electrons. The van der Waals surface area contributed by atoms with Gasteiger partial charge in [0.15, 0.2) is 5.82 Å². The fourth-order valence-electron chi connectivity index (χ4n) is 4.76. The van der Waals surface area contributed by atoms with Gasteiger partial charge in [0.2, 0.25) is 5.88 Å². The summed E-state index contributed by atoms with van der Waals surface area (Å²) in [7, 11) is 3.44. The summed E-state index contributed by atoms with van der Waals surface area (Å²) in [4.78, 5) is 6.00. The number of ether oxygens (including phenoxy) is 1. The lowest BCUT2D eigenvalue weighted by Crippen LogP contribution is -2.51. The van der Waals surface area contributed by atoms with Gasteiger partial charge in [-0.15, -0.1) is 10.2 Å². The number of methoxy groups -OCH3 is 1. The van der Waals surface area contributed by atoms with Crippen LogP contribution in [0.4, 0.5) is 10.2 Å². The topological polar surface area (TPSA) is 83.4 Å². The molecule has 1 aliphatic heterocycles. The molecule has 1 aromatic carbocycles. The van der Waals surface area contributed by atoms with Crippen molar-refractivity contribution in [2.75, 3.05) is 25.6 Å². The molecule has 7 nitrogen and oxygen atoms in total. The Bertz CT molecular complexity index is 1090. The lowest BCUT2D eigenvalue weighted by atomic mass is 10.0. The molecule has 1 saturated carbocycles. The van der Waals surface area contributed by atoms with E-state index in [1.165, 1.54) is 0 Å². The molecule has 2 fully saturated rings. The number of hydrogen-bond donors (Lipinski definition) is 2. The zero-order valence-corrected chi connectivity index (χ0v) is 17.4. The second-order valence-corrected chi connectivity index (χ2v) is 8.15. The van der Waals surface area contributed by atoms with Gasteiger partial charge in [-0.05, 0) is 53.8 Å². The van der Waals surface area contributed by atoms with Gasteiger partial charge in [-0.1, -0.05) is 6.07 Å². The maximum absolute atomic E-state index is 14.6. The summed E-state index contributed by atoms with van der Waals surface area (Å²) < 4.78 is 19.8. The van der Waals surface area contributed by atoms with Crippen molar-refractivity contribution >= 4 is 5.82 Å². The number of hydrogen-bond acceptors (Lipinski definition) is 7. The standard InChI is InChI=1S/C23H24FN5O2/c1-29(23-15-9-18(22(23)24)26-12-15)20-6-5-17(27-28-20)16-4-3-13(10-19(16)30)14-7-8-25-21(11-14)31-2/h3-8,10-11,15,18,22-23,26,30H,9,12H2,1-2H3/t15-,18-,22-,23-/m0/s1. The second kappa shape index (κ2) is 7.77. The maximum atomic E-state index is 14.6. The molecule has 1 saturated heterocycles. The minimum atomic E-state index is -0.909. The van der Waals surface area contributed by atoms with Gasteiger partial charge >= 0.3 is 0 Å². The van der Waals surface area contributed by atoms with Crippen LogP contribution in [0.3, 0.4) is 0 Å². The predicted octanol–water partition coefficient (Wildman–Crippen LogP) is 3.05. The highest BCUT2D eigenvalue weighted by molar-refractivity contribution is 5.74. The van der Waals surface area contributed by atoms with Crippen LogP contribution < -0.4 is 15.0 Å². The molecule has 2 aromatic heterocycles. The summed E-state index contributed by atoms with van der Waals surface area (Å²) in [6, 6.07) is 12.5. The Morgan fingerprint density at radius 2 is 1.97 bits per heavy atom. The van der Waals surface area contributed by atoms with Crippen molar-refractivity contribution in [3.8, 4) is 34.0 Å². The molecular formula is C23H24FN5O2. The molecule has 0 unspecified atom stereocenters. The van der Waals surface area contributed by atoms with Gasteiger partial charge in [-0.25, -0.2) is 9.37 Å². The van der Waals surface area contributed by atoms with E-state index in [9.17, 15) is 9.50 Å². The lowest BCUT2D eigenvalue weighted by Gasteiger charge is -2.34. The quantitative estimate of drug-likeness (QED) is 0.655. The van der Waals surface area contributed by atoms with Crippen molar-refractivity contribution < 1.29 is 14.2 Å². The highest BCUT2D eigenvalue weighted by Crippen LogP contribution is 2.38. The average Bonchev–Trinajstić information content (AvgIpc) is 3.40. The molecule has 0 spiro atoms. The molecule has 2 aliphatic rings. The van der Waals surface area contributed by atoms with Crippen molar-refractivity contribution in [2.45, 2.75) is 24.7 Å². The highest BCUT2D eigenvalue weighted by atomic mass is 19.1. The zero-order chi connectivity index (χ0) is 21.5. The minimum Gasteiger partial charge on any atom is -0.507 e. The summed E-state index contributed by atoms with van der Waals surface area (Å²) in [5.74, 6) is 1.53. The predicted molar refractivity (Wildman–Crippen MR) is 116 cm³/mol. The Hall–Kier alpha value is -3.26. The van der Waals surface area contributed by atoms with Crippen LogP contribution in [0.15, 0.2) is 48.7 Å². The Labute approximate surface area is 179 Å². The lowest BCUT2D eigenvalue weighted by molar-refractivity contribution is 0.220. The van der Waals surface area contributed by atoms with E-state index in [1.807, 2.05) is 48.3 Å². The number of fused-ring (bicyclic) bond motifs is 2. The molecule has 0 radical (unpaired) electrons. The molecular weight excluding hydrogens is 397 g/mol. The van der Waals surface area contributed by atoms with Crippen LogP contribution in [0, 0.1) is 5.92 Å². The third-order valence-electron chi connectivity index (χ3n) is 6.40. The van der Waals surface area contributed by atoms with Gasteiger partial charge in [-0.2, -0.15) is 0 Å². The average molecular weight is 421 g/mol. The number of aromatic nitrogens is 3. The van der Waals surface area contributed by atoms with Gasteiger partial charge in [0.1, 0.15) is 11.9 Å². The number of benzene rings is 1. The maximum Gasteiger partial charge on any atom is 0.213 e. The smallest absolute Gasteiger partial charge is 0.213 e. The van der Waals surface area contributed by atoms with Crippen LogP contribution in [0.1, 0.15) is 6.42 Å². The summed E-state index contributed by atoms with van der Waals surface area (Å²) in [6.07, 6.45) is 1.62. The molecule has 4 atom stereocenters. The number of rotatable bonds is 5. The summed E-state index contributed by atoms with van der Waals surface area (Å²) >= 11 is 0. The Balaban J connectivity index is 1.37. The normalized spacial score (nSPS) is 24.4. The van der Waals surface area contributed by atoms with E-state index in [4.69, 9.17) is 4.74 Å². The van der Waals surface area contributed by atoms with Crippen molar-refractivity contribution in [3.05, 3.63) is 48.7 Å². The molecule has 1 aliphatic carbocycles. The van der Waals surface area contributed by atoms with E-state index < -0.39 is 6.17 Å². The molecule has 0 amide bonds. The van der Waals surface area contributed by atoms with Gasteiger partial charge < -0.3 is 20.1 Å². The summed E-state index contributed by atoms with van der Waals surface area (Å²) in [6.45, 7) is 0.842. The van der Waals surface area contributed by atoms with Crippen molar-refractivity contribution in [2.24, 2.45) is 5.92 Å². The zero-order valence-electron chi connectivity index (χ0n) is 17.4. The van der Waals surface area contributed by atoms with Gasteiger partial charge in [-0.3, -0.25) is 0 Å². The number of anilines is 1. The Kier molecular flexibility index (Phi) is 4.94. The molecule has 3 heterocycles. The van der Waals surface area contributed by atoms with E-state index in [1.54, 1.807) is 19.4 Å².